The van der Waals surface area contributed by atoms with Crippen molar-refractivity contribution in [1.29, 1.82) is 0 Å². The van der Waals surface area contributed by atoms with Gasteiger partial charge in [0.1, 0.15) is 18.4 Å². The van der Waals surface area contributed by atoms with Crippen LogP contribution in [0.3, 0.4) is 0 Å². The van der Waals surface area contributed by atoms with Gasteiger partial charge < -0.3 is 9.84 Å². The minimum absolute atomic E-state index is 0.0372. The van der Waals surface area contributed by atoms with E-state index in [4.69, 9.17) is 9.84 Å². The monoisotopic (exact) mass is 360 g/mol. The maximum atomic E-state index is 11.0. The van der Waals surface area contributed by atoms with E-state index in [1.54, 1.807) is 23.9 Å². The van der Waals surface area contributed by atoms with Crippen molar-refractivity contribution in [2.24, 2.45) is 0 Å². The Kier molecular flexibility index (Phi) is 5.20. The molecule has 2 unspecified atom stereocenters. The highest BCUT2D eigenvalue weighted by molar-refractivity contribution is 7.99. The summed E-state index contributed by atoms with van der Waals surface area (Å²) in [7, 11) is 0. The van der Waals surface area contributed by atoms with Crippen molar-refractivity contribution in [2.45, 2.75) is 18.0 Å². The van der Waals surface area contributed by atoms with Crippen LogP contribution in [0.15, 0.2) is 48.5 Å². The first-order valence-electron chi connectivity index (χ1n) is 7.59. The summed E-state index contributed by atoms with van der Waals surface area (Å²) < 4.78 is 5.68. The molecule has 0 amide bonds. The van der Waals surface area contributed by atoms with Gasteiger partial charge in [-0.05, 0) is 35.4 Å². The molecule has 2 aromatic rings. The van der Waals surface area contributed by atoms with Crippen LogP contribution in [0.2, 0.25) is 0 Å². The number of rotatable bonds is 6. The number of benzene rings is 2. The normalized spacial score (nSPS) is 19.5. The molecule has 0 bridgehead atoms. The number of carbonyl (C=O) groups is 1. The van der Waals surface area contributed by atoms with Crippen LogP contribution in [0.1, 0.15) is 16.5 Å². The van der Waals surface area contributed by atoms with Gasteiger partial charge in [-0.15, -0.1) is 11.8 Å². The van der Waals surface area contributed by atoms with Crippen molar-refractivity contribution < 1.29 is 19.6 Å². The first kappa shape index (κ1) is 17.2. The third-order valence-electron chi connectivity index (χ3n) is 3.82. The molecule has 1 aliphatic rings. The Bertz CT molecular complexity index is 764. The highest BCUT2D eigenvalue weighted by atomic mass is 32.2. The molecule has 1 heterocycles. The minimum atomic E-state index is -0.835. The van der Waals surface area contributed by atoms with Crippen molar-refractivity contribution in [1.82, 2.24) is 5.32 Å². The van der Waals surface area contributed by atoms with Gasteiger partial charge in [-0.1, -0.05) is 12.1 Å². The number of carboxylic acid groups (broad SMARTS) is 1. The highest BCUT2D eigenvalue weighted by Crippen LogP contribution is 2.33. The molecule has 0 radical (unpaired) electrons. The zero-order chi connectivity index (χ0) is 17.8. The van der Waals surface area contributed by atoms with Crippen molar-refractivity contribution >= 4 is 23.4 Å². The summed E-state index contributed by atoms with van der Waals surface area (Å²) in [5, 5.41) is 22.7. The van der Waals surface area contributed by atoms with E-state index in [9.17, 15) is 14.9 Å². The van der Waals surface area contributed by atoms with Crippen LogP contribution < -0.4 is 10.1 Å². The predicted molar refractivity (Wildman–Crippen MR) is 93.6 cm³/mol. The second-order valence-corrected chi connectivity index (χ2v) is 6.69. The molecule has 3 rings (SSSR count). The number of nitrogens with zero attached hydrogens (tertiary/aromatic N) is 1. The quantitative estimate of drug-likeness (QED) is 0.603. The smallest absolute Gasteiger partial charge is 0.321 e. The number of aliphatic carboxylic acids is 1. The Hall–Kier alpha value is -2.58. The van der Waals surface area contributed by atoms with E-state index in [1.807, 2.05) is 24.3 Å². The number of non-ortho nitro benzene ring substituents is 1. The molecular formula is C17H16N2O5S. The topological polar surface area (TPSA) is 102 Å². The van der Waals surface area contributed by atoms with Gasteiger partial charge in [0.05, 0.1) is 10.3 Å². The fourth-order valence-corrected chi connectivity index (χ4v) is 3.66. The lowest BCUT2D eigenvalue weighted by molar-refractivity contribution is -0.384. The molecule has 8 heteroatoms. The lowest BCUT2D eigenvalue weighted by Gasteiger charge is -2.12. The number of nitro benzene ring substituents is 1. The molecule has 1 saturated heterocycles. The number of ether oxygens (including phenoxy) is 1. The molecule has 2 aromatic carbocycles. The fourth-order valence-electron chi connectivity index (χ4n) is 2.43. The molecule has 0 aromatic heterocycles. The summed E-state index contributed by atoms with van der Waals surface area (Å²) in [6, 6.07) is 13.2. The average Bonchev–Trinajstić information content (AvgIpc) is 3.11. The number of nitrogens with one attached hydrogen (secondary N) is 1. The Balaban J connectivity index is 1.56. The second-order valence-electron chi connectivity index (χ2n) is 5.55. The maximum absolute atomic E-state index is 11.0. The summed E-state index contributed by atoms with van der Waals surface area (Å²) in [6.07, 6.45) is 0. The summed E-state index contributed by atoms with van der Waals surface area (Å²) in [5.74, 6) is 0.385. The van der Waals surface area contributed by atoms with Gasteiger partial charge in [0.2, 0.25) is 0 Å². The van der Waals surface area contributed by atoms with Crippen LogP contribution >= 0.6 is 11.8 Å². The van der Waals surface area contributed by atoms with Crippen LogP contribution in [0.5, 0.6) is 5.75 Å². The highest BCUT2D eigenvalue weighted by Gasteiger charge is 2.30. The van der Waals surface area contributed by atoms with E-state index < -0.39 is 16.9 Å². The SMILES string of the molecule is O=C(O)C1CSC(c2ccc(OCc3ccc([N+](=O)[O-])cc3)cc2)N1. The van der Waals surface area contributed by atoms with Gasteiger partial charge in [0.25, 0.3) is 5.69 Å². The number of thioether (sulfide) groups is 1. The van der Waals surface area contributed by atoms with Gasteiger partial charge in [-0.25, -0.2) is 0 Å². The van der Waals surface area contributed by atoms with E-state index in [-0.39, 0.29) is 11.1 Å². The minimum Gasteiger partial charge on any atom is -0.489 e. The van der Waals surface area contributed by atoms with E-state index in [1.165, 1.54) is 12.1 Å². The van der Waals surface area contributed by atoms with E-state index in [0.29, 0.717) is 18.1 Å². The molecule has 1 aliphatic heterocycles. The summed E-state index contributed by atoms with van der Waals surface area (Å²) in [4.78, 5) is 21.2. The standard InChI is InChI=1S/C17H16N2O5S/c20-17(21)15-10-25-16(18-15)12-3-7-14(8-4-12)24-9-11-1-5-13(6-2-11)19(22)23/h1-8,15-16,18H,9-10H2,(H,20,21). The van der Waals surface area contributed by atoms with Crippen molar-refractivity contribution in [3.05, 3.63) is 69.8 Å². The molecule has 0 spiro atoms. The molecule has 1 fully saturated rings. The lowest BCUT2D eigenvalue weighted by Crippen LogP contribution is -2.33. The zero-order valence-electron chi connectivity index (χ0n) is 13.1. The number of hydrogen-bond acceptors (Lipinski definition) is 6. The Labute approximate surface area is 148 Å². The molecule has 2 N–H and O–H groups in total. The Morgan fingerprint density at radius 3 is 2.48 bits per heavy atom. The molecular weight excluding hydrogens is 344 g/mol. The zero-order valence-corrected chi connectivity index (χ0v) is 13.9. The van der Waals surface area contributed by atoms with E-state index in [2.05, 4.69) is 5.32 Å². The molecule has 0 aliphatic carbocycles. The average molecular weight is 360 g/mol. The summed E-state index contributed by atoms with van der Waals surface area (Å²) >= 11 is 1.56. The van der Waals surface area contributed by atoms with Gasteiger partial charge in [0.15, 0.2) is 0 Å². The third kappa shape index (κ3) is 4.28. The molecule has 7 nitrogen and oxygen atoms in total. The molecule has 2 atom stereocenters. The van der Waals surface area contributed by atoms with E-state index >= 15 is 0 Å². The van der Waals surface area contributed by atoms with Crippen LogP contribution in [0, 0.1) is 10.1 Å². The van der Waals surface area contributed by atoms with E-state index in [0.717, 1.165) is 11.1 Å². The largest absolute Gasteiger partial charge is 0.489 e. The van der Waals surface area contributed by atoms with Crippen molar-refractivity contribution in [3.63, 3.8) is 0 Å². The number of hydrogen-bond donors (Lipinski definition) is 2. The van der Waals surface area contributed by atoms with Crippen LogP contribution in [-0.2, 0) is 11.4 Å². The number of nitro groups is 1. The predicted octanol–water partition coefficient (Wildman–Crippen LogP) is 2.96. The van der Waals surface area contributed by atoms with Gasteiger partial charge in [-0.3, -0.25) is 20.2 Å². The van der Waals surface area contributed by atoms with Crippen LogP contribution in [0.25, 0.3) is 0 Å². The maximum Gasteiger partial charge on any atom is 0.321 e. The van der Waals surface area contributed by atoms with Crippen LogP contribution in [0.4, 0.5) is 5.69 Å². The molecule has 0 saturated carbocycles. The van der Waals surface area contributed by atoms with Gasteiger partial charge in [-0.2, -0.15) is 0 Å². The second kappa shape index (κ2) is 7.54. The van der Waals surface area contributed by atoms with Gasteiger partial charge in [0, 0.05) is 17.9 Å². The Morgan fingerprint density at radius 1 is 1.24 bits per heavy atom. The summed E-state index contributed by atoms with van der Waals surface area (Å²) in [6.45, 7) is 0.314. The first-order valence-corrected chi connectivity index (χ1v) is 8.64. The Morgan fingerprint density at radius 2 is 1.92 bits per heavy atom. The third-order valence-corrected chi connectivity index (χ3v) is 5.08. The van der Waals surface area contributed by atoms with Crippen molar-refractivity contribution in [2.75, 3.05) is 5.75 Å². The fraction of sp³-hybridized carbons (Fsp3) is 0.235. The van der Waals surface area contributed by atoms with Crippen molar-refractivity contribution in [3.8, 4) is 5.75 Å². The number of carboxylic acids is 1. The first-order chi connectivity index (χ1) is 12.0. The summed E-state index contributed by atoms with van der Waals surface area (Å²) in [5.41, 5.74) is 1.89. The lowest BCUT2D eigenvalue weighted by atomic mass is 10.2. The van der Waals surface area contributed by atoms with Crippen LogP contribution in [-0.4, -0.2) is 27.8 Å². The van der Waals surface area contributed by atoms with Gasteiger partial charge >= 0.3 is 5.97 Å². The molecule has 130 valence electrons. The molecule has 25 heavy (non-hydrogen) atoms.